The molecule has 1 amide bonds. The minimum absolute atomic E-state index is 0.377. The minimum Gasteiger partial charge on any atom is -0.443 e. The molecule has 90 valence electrons. The maximum absolute atomic E-state index is 11.9. The number of ether oxygens (including phenoxy) is 1. The van der Waals surface area contributed by atoms with Crippen LogP contribution in [0.3, 0.4) is 0 Å². The van der Waals surface area contributed by atoms with E-state index in [1.807, 2.05) is 20.8 Å². The van der Waals surface area contributed by atoms with Gasteiger partial charge in [-0.1, -0.05) is 0 Å². The predicted molar refractivity (Wildman–Crippen MR) is 63.4 cm³/mol. The number of H-pyrrole nitrogens is 1. The molecule has 0 saturated carbocycles. The molecule has 16 heavy (non-hydrogen) atoms. The molecule has 1 heterocycles. The van der Waals surface area contributed by atoms with E-state index in [2.05, 4.69) is 4.98 Å². The highest BCUT2D eigenvalue weighted by Crippen LogP contribution is 2.16. The number of nitrogens with zero attached hydrogens (tertiary/aromatic N) is 1. The van der Waals surface area contributed by atoms with Crippen LogP contribution in [0.2, 0.25) is 0 Å². The Balaban J connectivity index is 2.75. The molecule has 5 heteroatoms. The highest BCUT2D eigenvalue weighted by atomic mass is 16.6. The van der Waals surface area contributed by atoms with E-state index in [9.17, 15) is 4.79 Å². The molecule has 0 aliphatic heterocycles. The Morgan fingerprint density at radius 1 is 1.56 bits per heavy atom. The first-order valence-electron chi connectivity index (χ1n) is 5.27. The molecule has 0 saturated heterocycles. The highest BCUT2D eigenvalue weighted by Gasteiger charge is 2.22. The van der Waals surface area contributed by atoms with Gasteiger partial charge >= 0.3 is 6.09 Å². The number of hydrogen-bond acceptors (Lipinski definition) is 3. The number of nitrogens with one attached hydrogen (secondary N) is 1. The number of amides is 1. The van der Waals surface area contributed by atoms with Crippen molar-refractivity contribution < 1.29 is 9.53 Å². The largest absolute Gasteiger partial charge is 0.443 e. The predicted octanol–water partition coefficient (Wildman–Crippen LogP) is 1.71. The summed E-state index contributed by atoms with van der Waals surface area (Å²) in [6.45, 7) is 6.34. The van der Waals surface area contributed by atoms with Crippen LogP contribution in [-0.4, -0.2) is 29.8 Å². The van der Waals surface area contributed by atoms with Gasteiger partial charge in [0, 0.05) is 25.5 Å². The fourth-order valence-corrected chi connectivity index (χ4v) is 1.25. The van der Waals surface area contributed by atoms with Crippen molar-refractivity contribution in [2.45, 2.75) is 26.4 Å². The Labute approximate surface area is 95.6 Å². The van der Waals surface area contributed by atoms with Crippen LogP contribution < -0.4 is 10.6 Å². The number of aromatic nitrogens is 1. The molecule has 0 unspecified atom stereocenters. The number of carbonyl (C=O) groups is 1. The second kappa shape index (κ2) is 5.03. The van der Waals surface area contributed by atoms with E-state index < -0.39 is 5.60 Å². The number of rotatable bonds is 3. The molecule has 1 aromatic heterocycles. The lowest BCUT2D eigenvalue weighted by atomic mass is 10.2. The lowest BCUT2D eigenvalue weighted by Gasteiger charge is -2.26. The van der Waals surface area contributed by atoms with Gasteiger partial charge in [-0.2, -0.15) is 0 Å². The van der Waals surface area contributed by atoms with Crippen LogP contribution in [0.25, 0.3) is 0 Å². The van der Waals surface area contributed by atoms with Gasteiger partial charge in [-0.25, -0.2) is 4.79 Å². The summed E-state index contributed by atoms with van der Waals surface area (Å²) in [4.78, 5) is 16.3. The van der Waals surface area contributed by atoms with E-state index in [4.69, 9.17) is 10.5 Å². The van der Waals surface area contributed by atoms with Crippen molar-refractivity contribution in [3.8, 4) is 0 Å². The second-order valence-corrected chi connectivity index (χ2v) is 4.49. The molecular weight excluding hydrogens is 206 g/mol. The van der Waals surface area contributed by atoms with Gasteiger partial charge in [0.05, 0.1) is 5.69 Å². The minimum atomic E-state index is -0.500. The monoisotopic (exact) mass is 225 g/mol. The van der Waals surface area contributed by atoms with Crippen LogP contribution in [-0.2, 0) is 4.74 Å². The summed E-state index contributed by atoms with van der Waals surface area (Å²) in [5, 5.41) is 0. The molecule has 0 atom stereocenters. The van der Waals surface area contributed by atoms with Crippen molar-refractivity contribution in [3.63, 3.8) is 0 Å². The third-order valence-electron chi connectivity index (χ3n) is 1.86. The van der Waals surface area contributed by atoms with Crippen molar-refractivity contribution in [1.29, 1.82) is 0 Å². The van der Waals surface area contributed by atoms with Crippen LogP contribution in [0.1, 0.15) is 20.8 Å². The molecule has 0 fully saturated rings. The first kappa shape index (κ1) is 12.6. The molecule has 3 N–H and O–H groups in total. The number of anilines is 1. The standard InChI is InChI=1S/C11H19N3O2/c1-11(2,3)16-10(15)14(7-5-12)9-4-6-13-8-9/h4,6,8,13H,5,7,12H2,1-3H3. The van der Waals surface area contributed by atoms with Crippen molar-refractivity contribution >= 4 is 11.8 Å². The van der Waals surface area contributed by atoms with E-state index >= 15 is 0 Å². The maximum Gasteiger partial charge on any atom is 0.414 e. The van der Waals surface area contributed by atoms with E-state index in [1.54, 1.807) is 18.5 Å². The summed E-state index contributed by atoms with van der Waals surface area (Å²) in [7, 11) is 0. The first-order valence-corrected chi connectivity index (χ1v) is 5.27. The summed E-state index contributed by atoms with van der Waals surface area (Å²) >= 11 is 0. The van der Waals surface area contributed by atoms with Crippen molar-refractivity contribution in [1.82, 2.24) is 4.98 Å². The van der Waals surface area contributed by atoms with Gasteiger partial charge in [0.25, 0.3) is 0 Å². The maximum atomic E-state index is 11.9. The normalized spacial score (nSPS) is 11.2. The average Bonchev–Trinajstić information content (AvgIpc) is 2.63. The van der Waals surface area contributed by atoms with Gasteiger partial charge < -0.3 is 15.5 Å². The van der Waals surface area contributed by atoms with Gasteiger partial charge in [0.1, 0.15) is 5.60 Å². The SMILES string of the molecule is CC(C)(C)OC(=O)N(CCN)c1cc[nH]c1. The third-order valence-corrected chi connectivity index (χ3v) is 1.86. The molecule has 0 bridgehead atoms. The number of aromatic amines is 1. The van der Waals surface area contributed by atoms with Gasteiger partial charge in [0.2, 0.25) is 0 Å². The van der Waals surface area contributed by atoms with Crippen molar-refractivity contribution in [3.05, 3.63) is 18.5 Å². The Hall–Kier alpha value is -1.49. The zero-order chi connectivity index (χ0) is 12.2. The summed E-state index contributed by atoms with van der Waals surface area (Å²) in [6.07, 6.45) is 3.11. The van der Waals surface area contributed by atoms with Gasteiger partial charge in [-0.05, 0) is 26.8 Å². The molecular formula is C11H19N3O2. The molecule has 0 radical (unpaired) electrons. The fourth-order valence-electron chi connectivity index (χ4n) is 1.25. The van der Waals surface area contributed by atoms with Crippen molar-refractivity contribution in [2.24, 2.45) is 5.73 Å². The van der Waals surface area contributed by atoms with Crippen LogP contribution in [0, 0.1) is 0 Å². The van der Waals surface area contributed by atoms with Crippen molar-refractivity contribution in [2.75, 3.05) is 18.0 Å². The molecule has 0 aliphatic rings. The zero-order valence-electron chi connectivity index (χ0n) is 9.99. The van der Waals surface area contributed by atoms with Crippen LogP contribution in [0.5, 0.6) is 0 Å². The molecule has 5 nitrogen and oxygen atoms in total. The molecule has 0 aromatic carbocycles. The third kappa shape index (κ3) is 3.58. The Morgan fingerprint density at radius 3 is 2.69 bits per heavy atom. The molecule has 0 aliphatic carbocycles. The molecule has 0 spiro atoms. The Bertz CT molecular complexity index is 327. The quantitative estimate of drug-likeness (QED) is 0.822. The summed E-state index contributed by atoms with van der Waals surface area (Å²) in [5.41, 5.74) is 5.74. The first-order chi connectivity index (χ1) is 7.44. The second-order valence-electron chi connectivity index (χ2n) is 4.49. The lowest BCUT2D eigenvalue weighted by molar-refractivity contribution is 0.0581. The number of carbonyl (C=O) groups excluding carboxylic acids is 1. The van der Waals surface area contributed by atoms with Crippen LogP contribution in [0.4, 0.5) is 10.5 Å². The van der Waals surface area contributed by atoms with E-state index in [1.165, 1.54) is 4.90 Å². The Morgan fingerprint density at radius 2 is 2.25 bits per heavy atom. The van der Waals surface area contributed by atoms with E-state index in [0.717, 1.165) is 5.69 Å². The topological polar surface area (TPSA) is 71.3 Å². The molecule has 1 rings (SSSR count). The smallest absolute Gasteiger partial charge is 0.414 e. The van der Waals surface area contributed by atoms with Crippen LogP contribution in [0.15, 0.2) is 18.5 Å². The summed E-state index contributed by atoms with van der Waals surface area (Å²) in [5.74, 6) is 0. The van der Waals surface area contributed by atoms with E-state index in [0.29, 0.717) is 13.1 Å². The molecule has 1 aromatic rings. The van der Waals surface area contributed by atoms with Gasteiger partial charge in [-0.15, -0.1) is 0 Å². The number of nitrogens with two attached hydrogens (primary N) is 1. The zero-order valence-corrected chi connectivity index (χ0v) is 9.99. The van der Waals surface area contributed by atoms with Crippen LogP contribution >= 0.6 is 0 Å². The fraction of sp³-hybridized carbons (Fsp3) is 0.545. The van der Waals surface area contributed by atoms with E-state index in [-0.39, 0.29) is 6.09 Å². The number of hydrogen-bond donors (Lipinski definition) is 2. The summed E-state index contributed by atoms with van der Waals surface area (Å²) < 4.78 is 5.29. The highest BCUT2D eigenvalue weighted by molar-refractivity contribution is 5.87. The average molecular weight is 225 g/mol. The lowest BCUT2D eigenvalue weighted by Crippen LogP contribution is -2.39. The van der Waals surface area contributed by atoms with Gasteiger partial charge in [-0.3, -0.25) is 4.90 Å². The summed E-state index contributed by atoms with van der Waals surface area (Å²) in [6, 6.07) is 1.81. The Kier molecular flexibility index (Phi) is 3.95. The van der Waals surface area contributed by atoms with Gasteiger partial charge in [0.15, 0.2) is 0 Å².